The monoisotopic (exact) mass is 260 g/mol. The molecule has 0 aromatic rings. The molecule has 0 bridgehead atoms. The van der Waals surface area contributed by atoms with Gasteiger partial charge in [0.25, 0.3) is 0 Å². The van der Waals surface area contributed by atoms with Gasteiger partial charge in [-0.1, -0.05) is 0 Å². The van der Waals surface area contributed by atoms with Gasteiger partial charge in [0.1, 0.15) is 0 Å². The fraction of sp³-hybridized carbons (Fsp3) is 0.600. The Bertz CT molecular complexity index is 338. The zero-order valence-electron chi connectivity index (χ0n) is 9.83. The van der Waals surface area contributed by atoms with Crippen molar-refractivity contribution in [3.8, 4) is 0 Å². The van der Waals surface area contributed by atoms with Crippen molar-refractivity contribution in [3.05, 3.63) is 0 Å². The second kappa shape index (κ2) is 5.99. The quantitative estimate of drug-likeness (QED) is 0.358. The number of hydrogen-bond donors (Lipinski definition) is 0. The van der Waals surface area contributed by atoms with Gasteiger partial charge in [0.2, 0.25) is 12.2 Å². The van der Waals surface area contributed by atoms with Gasteiger partial charge in [-0.25, -0.2) is 19.2 Å². The first-order chi connectivity index (χ1) is 8.51. The maximum atomic E-state index is 11.5. The zero-order valence-corrected chi connectivity index (χ0v) is 9.83. The Balaban J connectivity index is 2.86. The van der Waals surface area contributed by atoms with Crippen molar-refractivity contribution in [2.75, 3.05) is 13.2 Å². The van der Waals surface area contributed by atoms with Crippen LogP contribution in [-0.2, 0) is 38.1 Å². The summed E-state index contributed by atoms with van der Waals surface area (Å²) in [6, 6.07) is 0. The van der Waals surface area contributed by atoms with Crippen molar-refractivity contribution < 1.29 is 38.1 Å². The Kier molecular flexibility index (Phi) is 4.64. The lowest BCUT2D eigenvalue weighted by Gasteiger charge is -2.26. The van der Waals surface area contributed by atoms with E-state index < -0.39 is 36.1 Å². The maximum absolute atomic E-state index is 11.5. The molecular weight excluding hydrogens is 248 g/mol. The molecule has 1 saturated heterocycles. The van der Waals surface area contributed by atoms with E-state index in [4.69, 9.17) is 0 Å². The number of ether oxygens (including phenoxy) is 4. The van der Waals surface area contributed by atoms with Gasteiger partial charge in [-0.3, -0.25) is 0 Å². The lowest BCUT2D eigenvalue weighted by Crippen LogP contribution is -2.53. The minimum Gasteiger partial charge on any atom is -0.463 e. The second-order valence-corrected chi connectivity index (χ2v) is 3.16. The van der Waals surface area contributed by atoms with Gasteiger partial charge in [0.15, 0.2) is 0 Å². The summed E-state index contributed by atoms with van der Waals surface area (Å²) in [5.74, 6) is -4.66. The first kappa shape index (κ1) is 13.9. The van der Waals surface area contributed by atoms with Crippen molar-refractivity contribution in [2.24, 2.45) is 0 Å². The summed E-state index contributed by atoms with van der Waals surface area (Å²) < 4.78 is 18.2. The molecule has 8 nitrogen and oxygen atoms in total. The van der Waals surface area contributed by atoms with Crippen molar-refractivity contribution in [2.45, 2.75) is 26.1 Å². The van der Waals surface area contributed by atoms with Crippen LogP contribution in [0.25, 0.3) is 0 Å². The van der Waals surface area contributed by atoms with E-state index in [0.717, 1.165) is 0 Å². The first-order valence-electron chi connectivity index (χ1n) is 5.26. The summed E-state index contributed by atoms with van der Waals surface area (Å²) >= 11 is 0. The van der Waals surface area contributed by atoms with Gasteiger partial charge in [-0.05, 0) is 13.8 Å². The van der Waals surface area contributed by atoms with E-state index in [-0.39, 0.29) is 13.2 Å². The normalized spacial score (nSPS) is 22.8. The van der Waals surface area contributed by atoms with Crippen LogP contribution in [0.5, 0.6) is 0 Å². The summed E-state index contributed by atoms with van der Waals surface area (Å²) in [6.07, 6.45) is -3.26. The highest BCUT2D eigenvalue weighted by molar-refractivity contribution is 6.31. The molecule has 0 saturated carbocycles. The number of carbonyl (C=O) groups is 4. The molecule has 1 fully saturated rings. The van der Waals surface area contributed by atoms with Gasteiger partial charge in [0.05, 0.1) is 13.2 Å². The third kappa shape index (κ3) is 2.96. The molecule has 2 atom stereocenters. The predicted octanol–water partition coefficient (Wildman–Crippen LogP) is -1.05. The highest BCUT2D eigenvalue weighted by Gasteiger charge is 2.48. The SMILES string of the molecule is CCOC(=O)[C@@H]1OC(=O)C(=O)O[C@H]1C(=O)OCC. The van der Waals surface area contributed by atoms with Crippen molar-refractivity contribution >= 4 is 23.9 Å². The van der Waals surface area contributed by atoms with Crippen LogP contribution < -0.4 is 0 Å². The Morgan fingerprint density at radius 2 is 1.28 bits per heavy atom. The van der Waals surface area contributed by atoms with Crippen LogP contribution in [0.4, 0.5) is 0 Å². The van der Waals surface area contributed by atoms with Gasteiger partial charge in [-0.2, -0.15) is 0 Å². The van der Waals surface area contributed by atoms with Gasteiger partial charge in [-0.15, -0.1) is 0 Å². The van der Waals surface area contributed by atoms with E-state index in [9.17, 15) is 19.2 Å². The van der Waals surface area contributed by atoms with Crippen LogP contribution in [0.15, 0.2) is 0 Å². The lowest BCUT2D eigenvalue weighted by molar-refractivity contribution is -0.208. The van der Waals surface area contributed by atoms with Crippen LogP contribution in [0.3, 0.4) is 0 Å². The molecule has 1 heterocycles. The predicted molar refractivity (Wildman–Crippen MR) is 53.0 cm³/mol. The Hall–Kier alpha value is -2.12. The first-order valence-corrected chi connectivity index (χ1v) is 5.26. The number of hydrogen-bond acceptors (Lipinski definition) is 8. The smallest absolute Gasteiger partial charge is 0.418 e. The third-order valence-corrected chi connectivity index (χ3v) is 1.95. The molecule has 0 spiro atoms. The summed E-state index contributed by atoms with van der Waals surface area (Å²) in [5.41, 5.74) is 0. The molecule has 8 heteroatoms. The number of esters is 4. The van der Waals surface area contributed by atoms with Crippen LogP contribution in [-0.4, -0.2) is 49.3 Å². The molecule has 100 valence electrons. The van der Waals surface area contributed by atoms with Gasteiger partial charge >= 0.3 is 23.9 Å². The summed E-state index contributed by atoms with van der Waals surface area (Å²) in [4.78, 5) is 44.9. The van der Waals surface area contributed by atoms with Crippen LogP contribution in [0.2, 0.25) is 0 Å². The van der Waals surface area contributed by atoms with Crippen LogP contribution in [0.1, 0.15) is 13.8 Å². The molecule has 0 unspecified atom stereocenters. The summed E-state index contributed by atoms with van der Waals surface area (Å²) in [7, 11) is 0. The van der Waals surface area contributed by atoms with E-state index in [1.807, 2.05) is 0 Å². The molecule has 1 aliphatic heterocycles. The third-order valence-electron chi connectivity index (χ3n) is 1.95. The molecule has 0 radical (unpaired) electrons. The average molecular weight is 260 g/mol. The van der Waals surface area contributed by atoms with E-state index in [1.165, 1.54) is 13.8 Å². The van der Waals surface area contributed by atoms with Crippen molar-refractivity contribution in [1.29, 1.82) is 0 Å². The molecule has 0 amide bonds. The van der Waals surface area contributed by atoms with E-state index in [2.05, 4.69) is 18.9 Å². The lowest BCUT2D eigenvalue weighted by atomic mass is 10.2. The molecule has 1 aliphatic rings. The van der Waals surface area contributed by atoms with Gasteiger partial charge < -0.3 is 18.9 Å². The zero-order chi connectivity index (χ0) is 13.7. The average Bonchev–Trinajstić information content (AvgIpc) is 2.32. The fourth-order valence-electron chi connectivity index (χ4n) is 1.24. The van der Waals surface area contributed by atoms with Crippen LogP contribution in [0, 0.1) is 0 Å². The highest BCUT2D eigenvalue weighted by Crippen LogP contribution is 2.15. The number of cyclic esters (lactones) is 2. The van der Waals surface area contributed by atoms with E-state index in [0.29, 0.717) is 0 Å². The number of rotatable bonds is 4. The minimum absolute atomic E-state index is 0.0242. The molecule has 1 rings (SSSR count). The highest BCUT2D eigenvalue weighted by atomic mass is 16.7. The maximum Gasteiger partial charge on any atom is 0.418 e. The molecular formula is C10H12O8. The Labute approximate surface area is 102 Å². The summed E-state index contributed by atoms with van der Waals surface area (Å²) in [5, 5.41) is 0. The molecule has 0 aliphatic carbocycles. The molecule has 0 aromatic carbocycles. The van der Waals surface area contributed by atoms with E-state index >= 15 is 0 Å². The number of carbonyl (C=O) groups excluding carboxylic acids is 4. The molecule has 0 aromatic heterocycles. The Morgan fingerprint density at radius 1 is 0.944 bits per heavy atom. The largest absolute Gasteiger partial charge is 0.463 e. The fourth-order valence-corrected chi connectivity index (χ4v) is 1.24. The second-order valence-electron chi connectivity index (χ2n) is 3.16. The minimum atomic E-state index is -1.63. The molecule has 0 N–H and O–H groups in total. The topological polar surface area (TPSA) is 105 Å². The molecule has 18 heavy (non-hydrogen) atoms. The Morgan fingerprint density at radius 3 is 1.56 bits per heavy atom. The van der Waals surface area contributed by atoms with Gasteiger partial charge in [0, 0.05) is 0 Å². The van der Waals surface area contributed by atoms with Crippen molar-refractivity contribution in [1.82, 2.24) is 0 Å². The summed E-state index contributed by atoms with van der Waals surface area (Å²) in [6.45, 7) is 3.12. The van der Waals surface area contributed by atoms with Crippen molar-refractivity contribution in [3.63, 3.8) is 0 Å². The standard InChI is InChI=1S/C10H12O8/c1-3-15-7(11)5-6(8(12)16-4-2)18-10(14)9(13)17-5/h5-6H,3-4H2,1-2H3/t5-,6-/m1/s1. The van der Waals surface area contributed by atoms with Crippen LogP contribution >= 0.6 is 0 Å². The van der Waals surface area contributed by atoms with E-state index in [1.54, 1.807) is 0 Å².